The second kappa shape index (κ2) is 7.20. The number of aliphatic carboxylic acids is 1. The van der Waals surface area contributed by atoms with E-state index in [0.717, 1.165) is 5.56 Å². The summed E-state index contributed by atoms with van der Waals surface area (Å²) in [5, 5.41) is 11.6. The maximum Gasteiger partial charge on any atom is 0.326 e. The second-order valence-corrected chi connectivity index (χ2v) is 4.20. The molecule has 5 nitrogen and oxygen atoms in total. The molecule has 1 aromatic carbocycles. The summed E-state index contributed by atoms with van der Waals surface area (Å²) in [6, 6.07) is 7.81. The zero-order valence-corrected chi connectivity index (χ0v) is 10.9. The van der Waals surface area contributed by atoms with Crippen LogP contribution in [0.4, 0.5) is 4.79 Å². The van der Waals surface area contributed by atoms with Gasteiger partial charge in [0.05, 0.1) is 0 Å². The number of carbonyl (C=O) groups is 2. The van der Waals surface area contributed by atoms with Crippen LogP contribution in [0.5, 0.6) is 0 Å². The van der Waals surface area contributed by atoms with Gasteiger partial charge in [0.1, 0.15) is 6.04 Å². The lowest BCUT2D eigenvalue weighted by atomic mass is 10.1. The normalized spacial score (nSPS) is 11.4. The fourth-order valence-corrected chi connectivity index (χ4v) is 1.59. The van der Waals surface area contributed by atoms with Gasteiger partial charge in [-0.05, 0) is 5.56 Å². The molecule has 1 rings (SSSR count). The maximum absolute atomic E-state index is 11.7. The van der Waals surface area contributed by atoms with Gasteiger partial charge in [0.15, 0.2) is 0 Å². The minimum absolute atomic E-state index is 0.254. The number of carbonyl (C=O) groups excluding carboxylic acids is 1. The summed E-state index contributed by atoms with van der Waals surface area (Å²) in [4.78, 5) is 24.3. The summed E-state index contributed by atoms with van der Waals surface area (Å²) in [5.41, 5.74) is 0.863. The highest BCUT2D eigenvalue weighted by atomic mass is 16.4. The Hall–Kier alpha value is -2.30. The van der Waals surface area contributed by atoms with Crippen molar-refractivity contribution >= 4 is 12.0 Å². The van der Waals surface area contributed by atoms with Crippen molar-refractivity contribution in [2.45, 2.75) is 12.5 Å². The largest absolute Gasteiger partial charge is 0.480 e. The Balaban J connectivity index is 2.66. The van der Waals surface area contributed by atoms with Crippen LogP contribution in [0.2, 0.25) is 0 Å². The van der Waals surface area contributed by atoms with Crippen LogP contribution in [0.25, 0.3) is 0 Å². The molecule has 5 heteroatoms. The van der Waals surface area contributed by atoms with Crippen molar-refractivity contribution in [3.63, 3.8) is 0 Å². The molecule has 0 aliphatic rings. The zero-order valence-electron chi connectivity index (χ0n) is 10.9. The van der Waals surface area contributed by atoms with Crippen molar-refractivity contribution in [2.75, 3.05) is 13.6 Å². The predicted molar refractivity (Wildman–Crippen MR) is 72.9 cm³/mol. The first kappa shape index (κ1) is 14.8. The van der Waals surface area contributed by atoms with Gasteiger partial charge in [-0.15, -0.1) is 6.58 Å². The second-order valence-electron chi connectivity index (χ2n) is 4.20. The molecule has 0 radical (unpaired) electrons. The highest BCUT2D eigenvalue weighted by Crippen LogP contribution is 2.04. The van der Waals surface area contributed by atoms with E-state index in [-0.39, 0.29) is 6.42 Å². The Morgan fingerprint density at radius 1 is 1.42 bits per heavy atom. The quantitative estimate of drug-likeness (QED) is 0.763. The number of nitrogens with zero attached hydrogens (tertiary/aromatic N) is 1. The Morgan fingerprint density at radius 2 is 2.05 bits per heavy atom. The standard InChI is InChI=1S/C14H18N2O3/c1-3-9-16(2)14(19)15-12(13(17)18)10-11-7-5-4-6-8-11/h3-8,12H,1,9-10H2,2H3,(H,15,19)(H,17,18)/t12-/m0/s1. The molecule has 2 amide bonds. The Kier molecular flexibility index (Phi) is 5.60. The number of nitrogens with one attached hydrogen (secondary N) is 1. The smallest absolute Gasteiger partial charge is 0.326 e. The highest BCUT2D eigenvalue weighted by molar-refractivity contribution is 5.82. The Morgan fingerprint density at radius 3 is 2.58 bits per heavy atom. The van der Waals surface area contributed by atoms with Crippen molar-refractivity contribution in [1.82, 2.24) is 10.2 Å². The fraction of sp³-hybridized carbons (Fsp3) is 0.286. The predicted octanol–water partition coefficient (Wildman–Crippen LogP) is 1.51. The molecular formula is C14H18N2O3. The highest BCUT2D eigenvalue weighted by Gasteiger charge is 2.21. The van der Waals surface area contributed by atoms with Crippen molar-refractivity contribution in [3.8, 4) is 0 Å². The molecule has 19 heavy (non-hydrogen) atoms. The molecule has 0 bridgehead atoms. The minimum Gasteiger partial charge on any atom is -0.480 e. The Labute approximate surface area is 112 Å². The average molecular weight is 262 g/mol. The van der Waals surface area contributed by atoms with Crippen molar-refractivity contribution in [2.24, 2.45) is 0 Å². The number of likely N-dealkylation sites (N-methyl/N-ethyl adjacent to an activating group) is 1. The molecule has 0 aliphatic carbocycles. The number of hydrogen-bond donors (Lipinski definition) is 2. The topological polar surface area (TPSA) is 69.6 Å². The van der Waals surface area contributed by atoms with E-state index in [0.29, 0.717) is 6.54 Å². The first-order chi connectivity index (χ1) is 9.04. The van der Waals surface area contributed by atoms with Gasteiger partial charge in [-0.3, -0.25) is 0 Å². The molecule has 0 spiro atoms. The molecule has 2 N–H and O–H groups in total. The third-order valence-corrected chi connectivity index (χ3v) is 2.63. The molecule has 0 unspecified atom stereocenters. The van der Waals surface area contributed by atoms with Gasteiger partial charge >= 0.3 is 12.0 Å². The summed E-state index contributed by atoms with van der Waals surface area (Å²) in [6.07, 6.45) is 1.83. The lowest BCUT2D eigenvalue weighted by Crippen LogP contribution is -2.47. The van der Waals surface area contributed by atoms with Crippen LogP contribution in [0.15, 0.2) is 43.0 Å². The average Bonchev–Trinajstić information content (AvgIpc) is 2.39. The molecule has 102 valence electrons. The van der Waals surface area contributed by atoms with Crippen LogP contribution in [0.3, 0.4) is 0 Å². The number of amides is 2. The van der Waals surface area contributed by atoms with Gasteiger partial charge in [-0.2, -0.15) is 0 Å². The fourth-order valence-electron chi connectivity index (χ4n) is 1.59. The van der Waals surface area contributed by atoms with Crippen LogP contribution in [0, 0.1) is 0 Å². The number of benzene rings is 1. The van der Waals surface area contributed by atoms with Crippen LogP contribution < -0.4 is 5.32 Å². The molecular weight excluding hydrogens is 244 g/mol. The van der Waals surface area contributed by atoms with Crippen molar-refractivity contribution in [1.29, 1.82) is 0 Å². The Bertz CT molecular complexity index is 445. The number of carboxylic acid groups (broad SMARTS) is 1. The van der Waals surface area contributed by atoms with Gasteiger partial charge < -0.3 is 15.3 Å². The molecule has 1 aromatic rings. The maximum atomic E-state index is 11.7. The van der Waals surface area contributed by atoms with Gasteiger partial charge in [-0.25, -0.2) is 9.59 Å². The van der Waals surface area contributed by atoms with Gasteiger partial charge in [0, 0.05) is 20.0 Å². The lowest BCUT2D eigenvalue weighted by Gasteiger charge is -2.20. The monoisotopic (exact) mass is 262 g/mol. The van der Waals surface area contributed by atoms with E-state index in [2.05, 4.69) is 11.9 Å². The molecule has 0 saturated carbocycles. The third-order valence-electron chi connectivity index (χ3n) is 2.63. The molecule has 1 atom stereocenters. The number of carboxylic acids is 1. The number of rotatable bonds is 6. The van der Waals surface area contributed by atoms with Crippen LogP contribution in [0.1, 0.15) is 5.56 Å². The number of urea groups is 1. The van der Waals surface area contributed by atoms with Gasteiger partial charge in [0.25, 0.3) is 0 Å². The molecule has 0 aromatic heterocycles. The van der Waals surface area contributed by atoms with E-state index in [1.54, 1.807) is 13.1 Å². The van der Waals surface area contributed by atoms with Gasteiger partial charge in [-0.1, -0.05) is 36.4 Å². The molecule has 0 fully saturated rings. The molecule has 0 saturated heterocycles. The van der Waals surface area contributed by atoms with Gasteiger partial charge in [0.2, 0.25) is 0 Å². The summed E-state index contributed by atoms with van der Waals surface area (Å²) < 4.78 is 0. The van der Waals surface area contributed by atoms with Crippen molar-refractivity contribution < 1.29 is 14.7 Å². The lowest BCUT2D eigenvalue weighted by molar-refractivity contribution is -0.139. The minimum atomic E-state index is -1.05. The SMILES string of the molecule is C=CCN(C)C(=O)N[C@@H](Cc1ccccc1)C(=O)O. The van der Waals surface area contributed by atoms with E-state index in [1.165, 1.54) is 4.90 Å². The van der Waals surface area contributed by atoms with E-state index in [9.17, 15) is 9.59 Å². The van der Waals surface area contributed by atoms with E-state index < -0.39 is 18.0 Å². The van der Waals surface area contributed by atoms with E-state index in [4.69, 9.17) is 5.11 Å². The molecule has 0 aliphatic heterocycles. The first-order valence-corrected chi connectivity index (χ1v) is 5.94. The van der Waals surface area contributed by atoms with Crippen LogP contribution >= 0.6 is 0 Å². The zero-order chi connectivity index (χ0) is 14.3. The van der Waals surface area contributed by atoms with Crippen LogP contribution in [-0.2, 0) is 11.2 Å². The van der Waals surface area contributed by atoms with Crippen molar-refractivity contribution in [3.05, 3.63) is 48.6 Å². The summed E-state index contributed by atoms with van der Waals surface area (Å²) in [6.45, 7) is 3.89. The van der Waals surface area contributed by atoms with E-state index >= 15 is 0 Å². The van der Waals surface area contributed by atoms with E-state index in [1.807, 2.05) is 30.3 Å². The summed E-state index contributed by atoms with van der Waals surface area (Å²) in [5.74, 6) is -1.05. The molecule has 0 heterocycles. The summed E-state index contributed by atoms with van der Waals surface area (Å²) in [7, 11) is 1.58. The third kappa shape index (κ3) is 4.83. The number of hydrogen-bond acceptors (Lipinski definition) is 2. The first-order valence-electron chi connectivity index (χ1n) is 5.94. The summed E-state index contributed by atoms with van der Waals surface area (Å²) >= 11 is 0. The van der Waals surface area contributed by atoms with Crippen LogP contribution in [-0.4, -0.2) is 41.6 Å².